The second kappa shape index (κ2) is 8.79. The van der Waals surface area contributed by atoms with Crippen LogP contribution in [0.1, 0.15) is 24.7 Å². The smallest absolute Gasteiger partial charge is 0.148 e. The summed E-state index contributed by atoms with van der Waals surface area (Å²) < 4.78 is 13.6. The molecule has 0 spiro atoms. The molecule has 2 aliphatic rings. The highest BCUT2D eigenvalue weighted by molar-refractivity contribution is 6.36. The molecule has 1 aliphatic carbocycles. The molecule has 1 saturated carbocycles. The number of nitrogens with one attached hydrogen (secondary N) is 1. The van der Waals surface area contributed by atoms with E-state index in [0.717, 1.165) is 54.0 Å². The van der Waals surface area contributed by atoms with Crippen LogP contribution < -0.4 is 4.74 Å². The molecule has 10 heteroatoms. The van der Waals surface area contributed by atoms with Gasteiger partial charge in [0.05, 0.1) is 46.8 Å². The third kappa shape index (κ3) is 4.03. The van der Waals surface area contributed by atoms with E-state index in [-0.39, 0.29) is 0 Å². The predicted molar refractivity (Wildman–Crippen MR) is 141 cm³/mol. The van der Waals surface area contributed by atoms with Gasteiger partial charge in [-0.2, -0.15) is 5.10 Å². The van der Waals surface area contributed by atoms with Gasteiger partial charge >= 0.3 is 0 Å². The first-order valence-corrected chi connectivity index (χ1v) is 12.8. The molecule has 0 bridgehead atoms. The maximum Gasteiger partial charge on any atom is 0.148 e. The summed E-state index contributed by atoms with van der Waals surface area (Å²) >= 11 is 6.76. The zero-order valence-corrected chi connectivity index (χ0v) is 21.3. The van der Waals surface area contributed by atoms with Crippen molar-refractivity contribution in [2.75, 3.05) is 20.2 Å². The Labute approximate surface area is 218 Å². The Morgan fingerprint density at radius 1 is 1.03 bits per heavy atom. The molecule has 2 fully saturated rings. The lowest BCUT2D eigenvalue weighted by Gasteiger charge is -2.49. The van der Waals surface area contributed by atoms with Crippen LogP contribution in [0.3, 0.4) is 0 Å². The molecule has 2 aromatic carbocycles. The zero-order valence-electron chi connectivity index (χ0n) is 20.6. The van der Waals surface area contributed by atoms with E-state index >= 15 is 0 Å². The minimum Gasteiger partial charge on any atom is -0.456 e. The van der Waals surface area contributed by atoms with Crippen LogP contribution >= 0.6 is 11.6 Å². The molecule has 1 saturated heterocycles. The van der Waals surface area contributed by atoms with Crippen molar-refractivity contribution < 1.29 is 9.47 Å². The highest BCUT2D eigenvalue weighted by Crippen LogP contribution is 2.39. The molecule has 0 atom stereocenters. The number of rotatable bonds is 6. The fourth-order valence-electron chi connectivity index (χ4n) is 5.21. The summed E-state index contributed by atoms with van der Waals surface area (Å²) in [6.45, 7) is 4.00. The summed E-state index contributed by atoms with van der Waals surface area (Å²) in [5, 5.41) is 5.05. The predicted octanol–water partition coefficient (Wildman–Crippen LogP) is 5.16. The van der Waals surface area contributed by atoms with E-state index in [1.165, 1.54) is 0 Å². The number of nitrogens with zero attached hydrogens (tertiary/aromatic N) is 6. The standard InChI is InChI=1S/C27H26ClN7O2/c1-15-31-21-4-3-19(9-23(21)32-15)37-25-6-5-22-27(26(25)28)33-24(11-29-22)16-10-30-35(12-16)18-7-17(8-18)34-13-20(14-34)36-2/h3-6,9-12,17-18,20H,7-8,13-14H2,1-2H3,(H,31,32)/t17-,18-. The fraction of sp³-hybridized carbons (Fsp3) is 0.333. The number of aromatic nitrogens is 6. The number of fused-ring (bicyclic) bond motifs is 2. The molecule has 9 nitrogen and oxygen atoms in total. The third-order valence-corrected chi connectivity index (χ3v) is 7.87. The average Bonchev–Trinajstić information content (AvgIpc) is 3.47. The van der Waals surface area contributed by atoms with Gasteiger partial charge in [-0.05, 0) is 44.0 Å². The van der Waals surface area contributed by atoms with Gasteiger partial charge in [-0.25, -0.2) is 9.97 Å². The number of aromatic amines is 1. The molecule has 4 heterocycles. The number of aryl methyl sites for hydroxylation is 1. The Hall–Kier alpha value is -3.53. The maximum atomic E-state index is 6.76. The van der Waals surface area contributed by atoms with E-state index in [0.29, 0.717) is 45.7 Å². The lowest BCUT2D eigenvalue weighted by Crippen LogP contribution is -2.59. The Morgan fingerprint density at radius 2 is 1.86 bits per heavy atom. The van der Waals surface area contributed by atoms with Crippen LogP contribution in [0.15, 0.2) is 48.9 Å². The average molecular weight is 516 g/mol. The Morgan fingerprint density at radius 3 is 2.70 bits per heavy atom. The molecular weight excluding hydrogens is 490 g/mol. The van der Waals surface area contributed by atoms with Gasteiger partial charge in [0.15, 0.2) is 0 Å². The largest absolute Gasteiger partial charge is 0.456 e. The summed E-state index contributed by atoms with van der Waals surface area (Å²) in [4.78, 5) is 19.6. The number of imidazole rings is 1. The highest BCUT2D eigenvalue weighted by atomic mass is 35.5. The number of hydrogen-bond donors (Lipinski definition) is 1. The van der Waals surface area contributed by atoms with Crippen molar-refractivity contribution in [2.24, 2.45) is 0 Å². The minimum absolute atomic E-state index is 0.392. The van der Waals surface area contributed by atoms with Gasteiger partial charge in [0.25, 0.3) is 0 Å². The first-order valence-electron chi connectivity index (χ1n) is 12.4. The Balaban J connectivity index is 1.10. The molecule has 0 unspecified atom stereocenters. The lowest BCUT2D eigenvalue weighted by molar-refractivity contribution is -0.0764. The molecule has 5 aromatic rings. The van der Waals surface area contributed by atoms with E-state index in [4.69, 9.17) is 26.1 Å². The van der Waals surface area contributed by atoms with Crippen LogP contribution in [0.2, 0.25) is 5.02 Å². The van der Waals surface area contributed by atoms with Crippen LogP contribution in [0, 0.1) is 6.92 Å². The Kier molecular flexibility index (Phi) is 5.38. The summed E-state index contributed by atoms with van der Waals surface area (Å²) in [6, 6.07) is 10.4. The highest BCUT2D eigenvalue weighted by Gasteiger charge is 2.40. The van der Waals surface area contributed by atoms with Gasteiger partial charge in [0, 0.05) is 44.1 Å². The van der Waals surface area contributed by atoms with Gasteiger partial charge < -0.3 is 14.5 Å². The summed E-state index contributed by atoms with van der Waals surface area (Å²) in [5.74, 6) is 2.04. The van der Waals surface area contributed by atoms with Crippen molar-refractivity contribution in [3.8, 4) is 22.8 Å². The molecule has 37 heavy (non-hydrogen) atoms. The topological polar surface area (TPSA) is 94.0 Å². The van der Waals surface area contributed by atoms with Gasteiger partial charge in [-0.15, -0.1) is 0 Å². The van der Waals surface area contributed by atoms with Crippen molar-refractivity contribution in [3.05, 3.63) is 59.8 Å². The first kappa shape index (κ1) is 22.7. The number of H-pyrrole nitrogens is 1. The van der Waals surface area contributed by atoms with Gasteiger partial charge in [-0.3, -0.25) is 14.6 Å². The molecule has 7 rings (SSSR count). The SMILES string of the molecule is COC1CN([C@H]2C[C@H](n3cc(-c4cnc5ccc(Oc6ccc7nc(C)[nH]c7c6)c(Cl)c5n4)cn3)C2)C1. The maximum absolute atomic E-state index is 6.76. The molecule has 3 aromatic heterocycles. The lowest BCUT2D eigenvalue weighted by atomic mass is 9.83. The van der Waals surface area contributed by atoms with Gasteiger partial charge in [0.2, 0.25) is 0 Å². The minimum atomic E-state index is 0.392. The molecule has 1 N–H and O–H groups in total. The molecule has 188 valence electrons. The summed E-state index contributed by atoms with van der Waals surface area (Å²) in [7, 11) is 1.79. The van der Waals surface area contributed by atoms with Crippen LogP contribution in [0.25, 0.3) is 33.3 Å². The van der Waals surface area contributed by atoms with Crippen molar-refractivity contribution in [3.63, 3.8) is 0 Å². The number of hydrogen-bond acceptors (Lipinski definition) is 7. The van der Waals surface area contributed by atoms with Crippen LogP contribution in [-0.2, 0) is 4.74 Å². The van der Waals surface area contributed by atoms with Crippen LogP contribution in [0.4, 0.5) is 0 Å². The van der Waals surface area contributed by atoms with E-state index in [2.05, 4.69) is 35.8 Å². The van der Waals surface area contributed by atoms with Crippen molar-refractivity contribution in [1.82, 2.24) is 34.6 Å². The normalized spacial score (nSPS) is 20.3. The molecule has 1 aliphatic heterocycles. The quantitative estimate of drug-likeness (QED) is 0.334. The second-order valence-electron chi connectivity index (χ2n) is 9.90. The zero-order chi connectivity index (χ0) is 25.1. The Bertz CT molecular complexity index is 1620. The molecular formula is C27H26ClN7O2. The number of likely N-dealkylation sites (tertiary alicyclic amines) is 1. The molecule has 0 radical (unpaired) electrons. The number of halogens is 1. The first-order chi connectivity index (χ1) is 18.0. The summed E-state index contributed by atoms with van der Waals surface area (Å²) in [6.07, 6.45) is 8.28. The third-order valence-electron chi connectivity index (χ3n) is 7.50. The second-order valence-corrected chi connectivity index (χ2v) is 10.3. The van der Waals surface area contributed by atoms with E-state index in [1.54, 1.807) is 13.3 Å². The van der Waals surface area contributed by atoms with Crippen LogP contribution in [-0.4, -0.2) is 67.0 Å². The number of ether oxygens (including phenoxy) is 2. The van der Waals surface area contributed by atoms with Gasteiger partial charge in [0.1, 0.15) is 27.9 Å². The fourth-order valence-corrected chi connectivity index (χ4v) is 5.45. The summed E-state index contributed by atoms with van der Waals surface area (Å²) in [5.41, 5.74) is 4.75. The van der Waals surface area contributed by atoms with E-state index < -0.39 is 0 Å². The van der Waals surface area contributed by atoms with Crippen LogP contribution in [0.5, 0.6) is 11.5 Å². The van der Waals surface area contributed by atoms with Crippen molar-refractivity contribution >= 4 is 33.7 Å². The van der Waals surface area contributed by atoms with E-state index in [1.807, 2.05) is 43.5 Å². The van der Waals surface area contributed by atoms with E-state index in [9.17, 15) is 0 Å². The van der Waals surface area contributed by atoms with Crippen molar-refractivity contribution in [2.45, 2.75) is 38.0 Å². The van der Waals surface area contributed by atoms with Crippen molar-refractivity contribution in [1.29, 1.82) is 0 Å². The van der Waals surface area contributed by atoms with Gasteiger partial charge in [-0.1, -0.05) is 11.6 Å². The monoisotopic (exact) mass is 515 g/mol. The number of benzene rings is 2. The molecule has 0 amide bonds. The number of methoxy groups -OCH3 is 1.